The van der Waals surface area contributed by atoms with E-state index in [4.69, 9.17) is 5.26 Å². The molecule has 0 atom stereocenters. The number of aromatic carboxylic acids is 1. The molecule has 1 heterocycles. The lowest BCUT2D eigenvalue weighted by molar-refractivity contribution is 0.0696. The summed E-state index contributed by atoms with van der Waals surface area (Å²) >= 11 is 0. The second kappa shape index (κ2) is 6.62. The van der Waals surface area contributed by atoms with Crippen molar-refractivity contribution in [2.45, 2.75) is 20.3 Å². The number of nitriles is 1. The van der Waals surface area contributed by atoms with Crippen LogP contribution in [0.15, 0.2) is 48.5 Å². The van der Waals surface area contributed by atoms with Crippen LogP contribution in [0.25, 0.3) is 16.9 Å². The van der Waals surface area contributed by atoms with E-state index in [1.54, 1.807) is 28.9 Å². The number of hydrogen-bond acceptors (Lipinski definition) is 3. The summed E-state index contributed by atoms with van der Waals surface area (Å²) in [6, 6.07) is 16.7. The van der Waals surface area contributed by atoms with E-state index in [9.17, 15) is 9.90 Å². The molecule has 124 valence electrons. The van der Waals surface area contributed by atoms with Crippen molar-refractivity contribution in [3.63, 3.8) is 0 Å². The smallest absolute Gasteiger partial charge is 0.339 e. The van der Waals surface area contributed by atoms with Crippen molar-refractivity contribution in [3.05, 3.63) is 70.9 Å². The molecule has 0 amide bonds. The van der Waals surface area contributed by atoms with Gasteiger partial charge in [0.2, 0.25) is 0 Å². The Morgan fingerprint density at radius 3 is 2.56 bits per heavy atom. The fourth-order valence-corrected chi connectivity index (χ4v) is 2.84. The van der Waals surface area contributed by atoms with E-state index in [2.05, 4.69) is 11.2 Å². The van der Waals surface area contributed by atoms with E-state index < -0.39 is 5.97 Å². The van der Waals surface area contributed by atoms with Crippen molar-refractivity contribution in [2.24, 2.45) is 0 Å². The summed E-state index contributed by atoms with van der Waals surface area (Å²) < 4.78 is 1.68. The molecule has 0 radical (unpaired) electrons. The van der Waals surface area contributed by atoms with Crippen LogP contribution in [0.3, 0.4) is 0 Å². The summed E-state index contributed by atoms with van der Waals surface area (Å²) in [5.74, 6) is -1.02. The second-order valence-corrected chi connectivity index (χ2v) is 5.77. The number of carboxylic acid groups (broad SMARTS) is 1. The number of carbonyl (C=O) groups is 1. The minimum absolute atomic E-state index is 0.179. The molecule has 0 unspecified atom stereocenters. The fourth-order valence-electron chi connectivity index (χ4n) is 2.84. The zero-order chi connectivity index (χ0) is 18.0. The van der Waals surface area contributed by atoms with E-state index in [0.717, 1.165) is 11.3 Å². The Morgan fingerprint density at radius 1 is 1.24 bits per heavy atom. The van der Waals surface area contributed by atoms with E-state index in [1.807, 2.05) is 38.1 Å². The predicted molar refractivity (Wildman–Crippen MR) is 94.8 cm³/mol. The number of aromatic nitrogens is 2. The summed E-state index contributed by atoms with van der Waals surface area (Å²) in [7, 11) is 0. The molecule has 0 saturated carbocycles. The van der Waals surface area contributed by atoms with Crippen LogP contribution >= 0.6 is 0 Å². The highest BCUT2D eigenvalue weighted by Gasteiger charge is 2.24. The van der Waals surface area contributed by atoms with Gasteiger partial charge >= 0.3 is 5.97 Å². The number of carboxylic acids is 1. The molecule has 5 heteroatoms. The Hall–Kier alpha value is -3.39. The topological polar surface area (TPSA) is 78.9 Å². The van der Waals surface area contributed by atoms with Crippen LogP contribution in [0.4, 0.5) is 0 Å². The normalized spacial score (nSPS) is 10.4. The summed E-state index contributed by atoms with van der Waals surface area (Å²) in [6.07, 6.45) is 0.528. The van der Waals surface area contributed by atoms with Crippen LogP contribution in [0.1, 0.15) is 34.1 Å². The SMILES string of the molecule is CCc1c(C(=O)O)c(-c2cccc(C#N)c2)nn1-c1ccc(C)cc1. The minimum Gasteiger partial charge on any atom is -0.478 e. The molecule has 0 aliphatic rings. The van der Waals surface area contributed by atoms with Gasteiger partial charge in [-0.2, -0.15) is 10.4 Å². The number of rotatable bonds is 4. The molecule has 25 heavy (non-hydrogen) atoms. The third-order valence-electron chi connectivity index (χ3n) is 4.07. The Bertz CT molecular complexity index is 979. The quantitative estimate of drug-likeness (QED) is 0.784. The van der Waals surface area contributed by atoms with Crippen LogP contribution in [0, 0.1) is 18.3 Å². The first-order valence-corrected chi connectivity index (χ1v) is 7.98. The highest BCUT2D eigenvalue weighted by molar-refractivity contribution is 5.96. The van der Waals surface area contributed by atoms with Gasteiger partial charge in [0.1, 0.15) is 11.3 Å². The van der Waals surface area contributed by atoms with Crippen molar-refractivity contribution in [3.8, 4) is 23.0 Å². The molecule has 0 bridgehead atoms. The first-order valence-electron chi connectivity index (χ1n) is 7.98. The highest BCUT2D eigenvalue weighted by Crippen LogP contribution is 2.29. The number of hydrogen-bond donors (Lipinski definition) is 1. The summed E-state index contributed by atoms with van der Waals surface area (Å²) in [4.78, 5) is 11.9. The van der Waals surface area contributed by atoms with Crippen LogP contribution in [0.2, 0.25) is 0 Å². The third-order valence-corrected chi connectivity index (χ3v) is 4.07. The Morgan fingerprint density at radius 2 is 1.96 bits per heavy atom. The van der Waals surface area contributed by atoms with Crippen molar-refractivity contribution < 1.29 is 9.90 Å². The van der Waals surface area contributed by atoms with Crippen molar-refractivity contribution >= 4 is 5.97 Å². The average molecular weight is 331 g/mol. The Balaban J connectivity index is 2.27. The molecule has 0 spiro atoms. The van der Waals surface area contributed by atoms with Crippen molar-refractivity contribution in [2.75, 3.05) is 0 Å². The molecule has 0 aliphatic heterocycles. The third kappa shape index (κ3) is 3.02. The van der Waals surface area contributed by atoms with Crippen LogP contribution < -0.4 is 0 Å². The highest BCUT2D eigenvalue weighted by atomic mass is 16.4. The van der Waals surface area contributed by atoms with Crippen LogP contribution in [0.5, 0.6) is 0 Å². The molecule has 3 aromatic rings. The van der Waals surface area contributed by atoms with Gasteiger partial charge in [-0.3, -0.25) is 0 Å². The summed E-state index contributed by atoms with van der Waals surface area (Å²) in [5, 5.41) is 23.4. The molecule has 2 aromatic carbocycles. The van der Waals surface area contributed by atoms with Crippen LogP contribution in [-0.4, -0.2) is 20.9 Å². The average Bonchev–Trinajstić information content (AvgIpc) is 3.02. The number of benzene rings is 2. The molecular weight excluding hydrogens is 314 g/mol. The zero-order valence-electron chi connectivity index (χ0n) is 14.0. The lowest BCUT2D eigenvalue weighted by Gasteiger charge is -2.06. The molecule has 1 aromatic heterocycles. The first kappa shape index (κ1) is 16.5. The van der Waals surface area contributed by atoms with Crippen LogP contribution in [-0.2, 0) is 6.42 Å². The van der Waals surface area contributed by atoms with Gasteiger partial charge in [-0.15, -0.1) is 0 Å². The monoisotopic (exact) mass is 331 g/mol. The number of aryl methyl sites for hydroxylation is 1. The molecule has 0 aliphatic carbocycles. The van der Waals surface area contributed by atoms with Gasteiger partial charge in [0, 0.05) is 5.56 Å². The lowest BCUT2D eigenvalue weighted by Crippen LogP contribution is -2.05. The van der Waals surface area contributed by atoms with Gasteiger partial charge in [0.15, 0.2) is 0 Å². The van der Waals surface area contributed by atoms with E-state index in [1.165, 1.54) is 0 Å². The van der Waals surface area contributed by atoms with Gasteiger partial charge < -0.3 is 5.11 Å². The standard InChI is InChI=1S/C20H17N3O2/c1-3-17-18(20(24)25)19(15-6-4-5-14(11-15)12-21)22-23(17)16-9-7-13(2)8-10-16/h4-11H,3H2,1-2H3,(H,24,25). The van der Waals surface area contributed by atoms with Gasteiger partial charge in [-0.25, -0.2) is 9.48 Å². The maximum atomic E-state index is 11.9. The van der Waals surface area contributed by atoms with Crippen molar-refractivity contribution in [1.82, 2.24) is 9.78 Å². The fraction of sp³-hybridized carbons (Fsp3) is 0.150. The second-order valence-electron chi connectivity index (χ2n) is 5.77. The minimum atomic E-state index is -1.02. The maximum Gasteiger partial charge on any atom is 0.339 e. The van der Waals surface area contributed by atoms with E-state index >= 15 is 0 Å². The predicted octanol–water partition coefficient (Wildman–Crippen LogP) is 3.98. The van der Waals surface area contributed by atoms with E-state index in [-0.39, 0.29) is 5.56 Å². The Kier molecular flexibility index (Phi) is 4.36. The van der Waals surface area contributed by atoms with E-state index in [0.29, 0.717) is 28.9 Å². The molecule has 0 fully saturated rings. The zero-order valence-corrected chi connectivity index (χ0v) is 14.0. The molecule has 5 nitrogen and oxygen atoms in total. The van der Waals surface area contributed by atoms with Gasteiger partial charge in [0.25, 0.3) is 0 Å². The molecule has 0 saturated heterocycles. The lowest BCUT2D eigenvalue weighted by atomic mass is 10.0. The molecule has 1 N–H and O–H groups in total. The first-order chi connectivity index (χ1) is 12.0. The molecule has 3 rings (SSSR count). The number of nitrogens with zero attached hydrogens (tertiary/aromatic N) is 3. The molecular formula is C20H17N3O2. The van der Waals surface area contributed by atoms with Gasteiger partial charge in [0.05, 0.1) is 23.0 Å². The largest absolute Gasteiger partial charge is 0.478 e. The summed E-state index contributed by atoms with van der Waals surface area (Å²) in [6.45, 7) is 3.90. The maximum absolute atomic E-state index is 11.9. The van der Waals surface area contributed by atoms with Crippen molar-refractivity contribution in [1.29, 1.82) is 5.26 Å². The van der Waals surface area contributed by atoms with Gasteiger partial charge in [-0.05, 0) is 37.6 Å². The Labute approximate surface area is 145 Å². The summed E-state index contributed by atoms with van der Waals surface area (Å²) in [5.41, 5.74) is 4.21. The van der Waals surface area contributed by atoms with Gasteiger partial charge in [-0.1, -0.05) is 36.8 Å².